The van der Waals surface area contributed by atoms with Crippen molar-refractivity contribution in [3.05, 3.63) is 29.8 Å². The molecule has 1 aliphatic rings. The first-order valence-electron chi connectivity index (χ1n) is 12.2. The Morgan fingerprint density at radius 3 is 2.38 bits per heavy atom. The van der Waals surface area contributed by atoms with E-state index in [0.29, 0.717) is 30.8 Å². The van der Waals surface area contributed by atoms with Crippen LogP contribution in [-0.4, -0.2) is 61.4 Å². The Balaban J connectivity index is 1.88. The van der Waals surface area contributed by atoms with Crippen LogP contribution in [0.5, 0.6) is 0 Å². The molecule has 0 aliphatic carbocycles. The first kappa shape index (κ1) is 25.8. The number of hydrogen-bond acceptors (Lipinski definition) is 4. The van der Waals surface area contributed by atoms with Gasteiger partial charge in [0.1, 0.15) is 6.04 Å². The predicted octanol–water partition coefficient (Wildman–Crippen LogP) is 3.34. The molecule has 0 saturated carbocycles. The average Bonchev–Trinajstić information content (AvgIpc) is 2.89. The van der Waals surface area contributed by atoms with Crippen molar-refractivity contribution in [2.45, 2.75) is 71.8 Å². The molecule has 7 heteroatoms. The normalized spacial score (nSPS) is 16.0. The first-order valence-corrected chi connectivity index (χ1v) is 12.2. The van der Waals surface area contributed by atoms with Gasteiger partial charge in [0.15, 0.2) is 0 Å². The van der Waals surface area contributed by atoms with Gasteiger partial charge < -0.3 is 20.4 Å². The van der Waals surface area contributed by atoms with E-state index in [9.17, 15) is 14.4 Å². The van der Waals surface area contributed by atoms with Crippen molar-refractivity contribution in [2.24, 2.45) is 0 Å². The summed E-state index contributed by atoms with van der Waals surface area (Å²) in [6, 6.07) is 6.47. The van der Waals surface area contributed by atoms with E-state index in [1.54, 1.807) is 23.1 Å². The van der Waals surface area contributed by atoms with E-state index in [4.69, 9.17) is 0 Å². The van der Waals surface area contributed by atoms with Crippen molar-refractivity contribution in [2.75, 3.05) is 37.6 Å². The molecule has 1 aliphatic heterocycles. The third-order valence-electron chi connectivity index (χ3n) is 5.82. The lowest BCUT2D eigenvalue weighted by Gasteiger charge is -2.25. The molecule has 2 rings (SSSR count). The highest BCUT2D eigenvalue weighted by atomic mass is 16.2. The number of amides is 3. The molecule has 3 amide bonds. The molecule has 2 N–H and O–H groups in total. The van der Waals surface area contributed by atoms with Crippen molar-refractivity contribution in [1.82, 2.24) is 15.5 Å². The quantitative estimate of drug-likeness (QED) is 0.461. The molecule has 1 unspecified atom stereocenters. The van der Waals surface area contributed by atoms with E-state index in [1.807, 2.05) is 13.0 Å². The van der Waals surface area contributed by atoms with Gasteiger partial charge in [0.2, 0.25) is 11.8 Å². The lowest BCUT2D eigenvalue weighted by molar-refractivity contribution is -0.122. The summed E-state index contributed by atoms with van der Waals surface area (Å²) in [6.45, 7) is 10.5. The van der Waals surface area contributed by atoms with Crippen LogP contribution >= 0.6 is 0 Å². The van der Waals surface area contributed by atoms with E-state index in [2.05, 4.69) is 29.4 Å². The fourth-order valence-electron chi connectivity index (χ4n) is 3.97. The Morgan fingerprint density at radius 2 is 1.72 bits per heavy atom. The highest BCUT2D eigenvalue weighted by Crippen LogP contribution is 2.25. The monoisotopic (exact) mass is 444 g/mol. The molecule has 32 heavy (non-hydrogen) atoms. The summed E-state index contributed by atoms with van der Waals surface area (Å²) in [5, 5.41) is 5.81. The molecule has 0 aromatic heterocycles. The van der Waals surface area contributed by atoms with Crippen LogP contribution in [0.15, 0.2) is 24.3 Å². The summed E-state index contributed by atoms with van der Waals surface area (Å²) in [6.07, 6.45) is 5.94. The number of carbonyl (C=O) groups excluding carboxylic acids is 3. The van der Waals surface area contributed by atoms with Gasteiger partial charge >= 0.3 is 0 Å². The number of rotatable bonds is 14. The van der Waals surface area contributed by atoms with Gasteiger partial charge in [0.05, 0.1) is 11.3 Å². The Morgan fingerprint density at radius 1 is 1.03 bits per heavy atom. The minimum Gasteiger partial charge on any atom is -0.355 e. The molecule has 0 radical (unpaired) electrons. The Labute approximate surface area is 192 Å². The highest BCUT2D eigenvalue weighted by Gasteiger charge is 2.33. The first-order chi connectivity index (χ1) is 15.5. The van der Waals surface area contributed by atoms with Crippen molar-refractivity contribution >= 4 is 23.4 Å². The third-order valence-corrected chi connectivity index (χ3v) is 5.82. The maximum absolute atomic E-state index is 13.1. The lowest BCUT2D eigenvalue weighted by Crippen LogP contribution is -2.46. The number of nitrogens with zero attached hydrogens (tertiary/aromatic N) is 2. The number of nitrogens with one attached hydrogen (secondary N) is 2. The van der Waals surface area contributed by atoms with Crippen LogP contribution in [0.3, 0.4) is 0 Å². The van der Waals surface area contributed by atoms with E-state index in [0.717, 1.165) is 51.7 Å². The molecule has 0 saturated heterocycles. The Kier molecular flexibility index (Phi) is 11.2. The fraction of sp³-hybridized carbons (Fsp3) is 0.640. The SMILES string of the molecule is CCCCN(CCCC)CCNC(=O)CCC1NC(=O)c2ccccc2N(CCC)C1=O. The summed E-state index contributed by atoms with van der Waals surface area (Å²) < 4.78 is 0. The van der Waals surface area contributed by atoms with Crippen LogP contribution in [0.4, 0.5) is 5.69 Å². The smallest absolute Gasteiger partial charge is 0.254 e. The minimum absolute atomic E-state index is 0.0817. The van der Waals surface area contributed by atoms with Crippen LogP contribution < -0.4 is 15.5 Å². The van der Waals surface area contributed by atoms with Gasteiger partial charge in [-0.25, -0.2) is 0 Å². The molecule has 1 aromatic rings. The summed E-state index contributed by atoms with van der Waals surface area (Å²) in [4.78, 5) is 42.3. The minimum atomic E-state index is -0.696. The zero-order valence-electron chi connectivity index (χ0n) is 20.0. The fourth-order valence-corrected chi connectivity index (χ4v) is 3.97. The van der Waals surface area contributed by atoms with Crippen LogP contribution in [0.25, 0.3) is 0 Å². The standard InChI is InChI=1S/C25H40N4O3/c1-4-7-17-28(18-8-5-2)19-15-26-23(30)14-13-21-25(32)29(16-6-3)22-12-10-9-11-20(22)24(31)27-21/h9-12,21H,4-8,13-19H2,1-3H3,(H,26,30)(H,27,31). The topological polar surface area (TPSA) is 81.8 Å². The number of unbranched alkanes of at least 4 members (excludes halogenated alkanes) is 2. The summed E-state index contributed by atoms with van der Waals surface area (Å²) in [5.41, 5.74) is 1.14. The average molecular weight is 445 g/mol. The van der Waals surface area contributed by atoms with Crippen molar-refractivity contribution in [3.8, 4) is 0 Å². The number of hydrogen-bond donors (Lipinski definition) is 2. The molecule has 0 spiro atoms. The van der Waals surface area contributed by atoms with Gasteiger partial charge in [-0.15, -0.1) is 0 Å². The molecule has 7 nitrogen and oxygen atoms in total. The zero-order valence-corrected chi connectivity index (χ0v) is 20.0. The van der Waals surface area contributed by atoms with Crippen LogP contribution in [-0.2, 0) is 9.59 Å². The summed E-state index contributed by atoms with van der Waals surface area (Å²) in [5.74, 6) is -0.495. The number of anilines is 1. The third kappa shape index (κ3) is 7.62. The summed E-state index contributed by atoms with van der Waals surface area (Å²) in [7, 11) is 0. The van der Waals surface area contributed by atoms with Gasteiger partial charge in [-0.1, -0.05) is 45.7 Å². The second-order valence-corrected chi connectivity index (χ2v) is 8.47. The van der Waals surface area contributed by atoms with Crippen molar-refractivity contribution in [1.29, 1.82) is 0 Å². The van der Waals surface area contributed by atoms with E-state index in [1.165, 1.54) is 0 Å². The van der Waals surface area contributed by atoms with Crippen molar-refractivity contribution < 1.29 is 14.4 Å². The molecular weight excluding hydrogens is 404 g/mol. The second-order valence-electron chi connectivity index (χ2n) is 8.47. The highest BCUT2D eigenvalue weighted by molar-refractivity contribution is 6.11. The lowest BCUT2D eigenvalue weighted by atomic mass is 10.1. The maximum Gasteiger partial charge on any atom is 0.254 e. The molecule has 0 fully saturated rings. The molecule has 0 bridgehead atoms. The zero-order chi connectivity index (χ0) is 23.3. The second kappa shape index (κ2) is 13.9. The van der Waals surface area contributed by atoms with Gasteiger partial charge in [0, 0.05) is 26.1 Å². The molecule has 1 heterocycles. The number of fused-ring (bicyclic) bond motifs is 1. The largest absolute Gasteiger partial charge is 0.355 e. The van der Waals surface area contributed by atoms with E-state index < -0.39 is 6.04 Å². The maximum atomic E-state index is 13.1. The van der Waals surface area contributed by atoms with E-state index in [-0.39, 0.29) is 24.1 Å². The van der Waals surface area contributed by atoms with Crippen LogP contribution in [0, 0.1) is 0 Å². The van der Waals surface area contributed by atoms with Gasteiger partial charge in [0.25, 0.3) is 5.91 Å². The number of carbonyl (C=O) groups is 3. The molecule has 178 valence electrons. The Hall–Kier alpha value is -2.41. The molecule has 1 atom stereocenters. The van der Waals surface area contributed by atoms with Crippen LogP contribution in [0.2, 0.25) is 0 Å². The van der Waals surface area contributed by atoms with Gasteiger partial charge in [-0.3, -0.25) is 14.4 Å². The van der Waals surface area contributed by atoms with Crippen molar-refractivity contribution in [3.63, 3.8) is 0 Å². The summed E-state index contributed by atoms with van der Waals surface area (Å²) >= 11 is 0. The predicted molar refractivity (Wildman–Crippen MR) is 129 cm³/mol. The van der Waals surface area contributed by atoms with Gasteiger partial charge in [-0.05, 0) is 50.9 Å². The molecular formula is C25H40N4O3. The van der Waals surface area contributed by atoms with E-state index >= 15 is 0 Å². The number of para-hydroxylation sites is 1. The number of benzene rings is 1. The van der Waals surface area contributed by atoms with Crippen LogP contribution in [0.1, 0.15) is 76.1 Å². The van der Waals surface area contributed by atoms with Gasteiger partial charge in [-0.2, -0.15) is 0 Å². The Bertz CT molecular complexity index is 744. The molecule has 1 aromatic carbocycles.